The summed E-state index contributed by atoms with van der Waals surface area (Å²) in [6, 6.07) is 4.64. The highest BCUT2D eigenvalue weighted by atomic mass is 127. The molecule has 0 aliphatic heterocycles. The standard InChI is InChI=1S/C10H15IN2/c1-3-9(4-2)13-10-6-5-8(11)7-12-10/h5-7,9H,3-4H2,1-2H3,(H,12,13). The van der Waals surface area contributed by atoms with Crippen molar-refractivity contribution in [3.63, 3.8) is 0 Å². The number of hydrogen-bond acceptors (Lipinski definition) is 2. The van der Waals surface area contributed by atoms with Gasteiger partial charge in [0.05, 0.1) is 0 Å². The number of hydrogen-bond donors (Lipinski definition) is 1. The predicted octanol–water partition coefficient (Wildman–Crippen LogP) is 3.29. The molecule has 0 fully saturated rings. The summed E-state index contributed by atoms with van der Waals surface area (Å²) >= 11 is 2.26. The lowest BCUT2D eigenvalue weighted by Crippen LogP contribution is -2.17. The first kappa shape index (κ1) is 10.8. The van der Waals surface area contributed by atoms with Crippen LogP contribution in [0.25, 0.3) is 0 Å². The second-order valence-corrected chi connectivity index (χ2v) is 4.27. The average Bonchev–Trinajstić information content (AvgIpc) is 2.17. The monoisotopic (exact) mass is 290 g/mol. The molecule has 0 aromatic carbocycles. The fourth-order valence-electron chi connectivity index (χ4n) is 1.16. The SMILES string of the molecule is CCC(CC)Nc1ccc(I)cn1. The zero-order valence-electron chi connectivity index (χ0n) is 8.05. The molecule has 1 N–H and O–H groups in total. The molecular weight excluding hydrogens is 275 g/mol. The van der Waals surface area contributed by atoms with Gasteiger partial charge in [-0.1, -0.05) is 13.8 Å². The third-order valence-electron chi connectivity index (χ3n) is 2.06. The molecule has 0 saturated heterocycles. The third-order valence-corrected chi connectivity index (χ3v) is 2.70. The number of nitrogens with one attached hydrogen (secondary N) is 1. The van der Waals surface area contributed by atoms with E-state index in [1.807, 2.05) is 12.3 Å². The molecule has 1 heterocycles. The van der Waals surface area contributed by atoms with Crippen LogP contribution in [-0.2, 0) is 0 Å². The van der Waals surface area contributed by atoms with E-state index < -0.39 is 0 Å². The summed E-state index contributed by atoms with van der Waals surface area (Å²) < 4.78 is 1.17. The number of halogens is 1. The van der Waals surface area contributed by atoms with E-state index in [1.54, 1.807) is 0 Å². The maximum atomic E-state index is 4.30. The van der Waals surface area contributed by atoms with Gasteiger partial charge in [0.15, 0.2) is 0 Å². The number of rotatable bonds is 4. The van der Waals surface area contributed by atoms with Crippen molar-refractivity contribution in [1.29, 1.82) is 0 Å². The van der Waals surface area contributed by atoms with Crippen molar-refractivity contribution in [2.24, 2.45) is 0 Å². The van der Waals surface area contributed by atoms with Gasteiger partial charge in [-0.05, 0) is 47.6 Å². The number of anilines is 1. The van der Waals surface area contributed by atoms with Crippen molar-refractivity contribution < 1.29 is 0 Å². The largest absolute Gasteiger partial charge is 0.367 e. The maximum absolute atomic E-state index is 4.30. The normalized spacial score (nSPS) is 10.5. The van der Waals surface area contributed by atoms with Gasteiger partial charge in [0.2, 0.25) is 0 Å². The molecule has 0 radical (unpaired) electrons. The summed E-state index contributed by atoms with van der Waals surface area (Å²) in [5, 5.41) is 3.39. The molecule has 1 rings (SSSR count). The first-order chi connectivity index (χ1) is 6.26. The van der Waals surface area contributed by atoms with Gasteiger partial charge in [0, 0.05) is 15.8 Å². The van der Waals surface area contributed by atoms with E-state index in [2.05, 4.69) is 52.8 Å². The molecule has 0 bridgehead atoms. The molecule has 0 amide bonds. The van der Waals surface area contributed by atoms with Crippen LogP contribution in [0.3, 0.4) is 0 Å². The molecule has 0 aliphatic carbocycles. The summed E-state index contributed by atoms with van der Waals surface area (Å²) in [5.41, 5.74) is 0. The van der Waals surface area contributed by atoms with Gasteiger partial charge >= 0.3 is 0 Å². The lowest BCUT2D eigenvalue weighted by Gasteiger charge is -2.14. The van der Waals surface area contributed by atoms with Gasteiger partial charge in [0.25, 0.3) is 0 Å². The Morgan fingerprint density at radius 2 is 2.08 bits per heavy atom. The Kier molecular flexibility index (Phi) is 4.48. The molecule has 0 atom stereocenters. The molecule has 72 valence electrons. The molecule has 1 aromatic rings. The Bertz CT molecular complexity index is 242. The lowest BCUT2D eigenvalue weighted by molar-refractivity contribution is 0.668. The second kappa shape index (κ2) is 5.42. The Morgan fingerprint density at radius 3 is 2.54 bits per heavy atom. The fourth-order valence-corrected chi connectivity index (χ4v) is 1.48. The molecule has 0 saturated carbocycles. The lowest BCUT2D eigenvalue weighted by atomic mass is 10.2. The highest BCUT2D eigenvalue weighted by Crippen LogP contribution is 2.10. The van der Waals surface area contributed by atoms with Gasteiger partial charge in [0.1, 0.15) is 5.82 Å². The molecular formula is C10H15IN2. The molecule has 1 aromatic heterocycles. The van der Waals surface area contributed by atoms with Gasteiger partial charge in [-0.3, -0.25) is 0 Å². The van der Waals surface area contributed by atoms with E-state index in [4.69, 9.17) is 0 Å². The predicted molar refractivity (Wildman–Crippen MR) is 64.9 cm³/mol. The van der Waals surface area contributed by atoms with Crippen LogP contribution in [0.5, 0.6) is 0 Å². The Morgan fingerprint density at radius 1 is 1.38 bits per heavy atom. The topological polar surface area (TPSA) is 24.9 Å². The highest BCUT2D eigenvalue weighted by molar-refractivity contribution is 14.1. The van der Waals surface area contributed by atoms with Crippen LogP contribution >= 0.6 is 22.6 Å². The number of nitrogens with zero attached hydrogens (tertiary/aromatic N) is 1. The average molecular weight is 290 g/mol. The van der Waals surface area contributed by atoms with Crippen LogP contribution in [0.1, 0.15) is 26.7 Å². The first-order valence-corrected chi connectivity index (χ1v) is 5.72. The van der Waals surface area contributed by atoms with E-state index in [0.29, 0.717) is 6.04 Å². The summed E-state index contributed by atoms with van der Waals surface area (Å²) in [7, 11) is 0. The number of pyridine rings is 1. The minimum Gasteiger partial charge on any atom is -0.367 e. The molecule has 0 unspecified atom stereocenters. The fraction of sp³-hybridized carbons (Fsp3) is 0.500. The van der Waals surface area contributed by atoms with Crippen LogP contribution < -0.4 is 5.32 Å². The quantitative estimate of drug-likeness (QED) is 0.861. The zero-order valence-corrected chi connectivity index (χ0v) is 10.2. The Labute approximate surface area is 93.3 Å². The minimum atomic E-state index is 0.549. The minimum absolute atomic E-state index is 0.549. The Hall–Kier alpha value is -0.320. The van der Waals surface area contributed by atoms with Gasteiger partial charge in [-0.2, -0.15) is 0 Å². The highest BCUT2D eigenvalue weighted by Gasteiger charge is 2.02. The van der Waals surface area contributed by atoms with Crippen molar-refractivity contribution >= 4 is 28.4 Å². The molecule has 2 nitrogen and oxygen atoms in total. The van der Waals surface area contributed by atoms with Crippen molar-refractivity contribution in [1.82, 2.24) is 4.98 Å². The summed E-state index contributed by atoms with van der Waals surface area (Å²) in [4.78, 5) is 4.30. The van der Waals surface area contributed by atoms with Crippen molar-refractivity contribution in [3.05, 3.63) is 21.9 Å². The van der Waals surface area contributed by atoms with E-state index in [0.717, 1.165) is 18.7 Å². The summed E-state index contributed by atoms with van der Waals surface area (Å²) in [6.45, 7) is 4.38. The van der Waals surface area contributed by atoms with Crippen LogP contribution in [0.4, 0.5) is 5.82 Å². The first-order valence-electron chi connectivity index (χ1n) is 4.64. The van der Waals surface area contributed by atoms with Gasteiger partial charge in [-0.15, -0.1) is 0 Å². The van der Waals surface area contributed by atoms with E-state index >= 15 is 0 Å². The second-order valence-electron chi connectivity index (χ2n) is 3.02. The van der Waals surface area contributed by atoms with E-state index in [9.17, 15) is 0 Å². The van der Waals surface area contributed by atoms with Gasteiger partial charge < -0.3 is 5.32 Å². The van der Waals surface area contributed by atoms with Crippen molar-refractivity contribution in [3.8, 4) is 0 Å². The van der Waals surface area contributed by atoms with E-state index in [-0.39, 0.29) is 0 Å². The molecule has 3 heteroatoms. The molecule has 0 spiro atoms. The van der Waals surface area contributed by atoms with Crippen LogP contribution in [0.2, 0.25) is 0 Å². The Balaban J connectivity index is 2.58. The molecule has 0 aliphatic rings. The van der Waals surface area contributed by atoms with E-state index in [1.165, 1.54) is 3.57 Å². The third kappa shape index (κ3) is 3.50. The van der Waals surface area contributed by atoms with Crippen LogP contribution in [0, 0.1) is 3.57 Å². The summed E-state index contributed by atoms with van der Waals surface area (Å²) in [6.07, 6.45) is 4.17. The summed E-state index contributed by atoms with van der Waals surface area (Å²) in [5.74, 6) is 0.981. The van der Waals surface area contributed by atoms with Crippen molar-refractivity contribution in [2.75, 3.05) is 5.32 Å². The number of aromatic nitrogens is 1. The van der Waals surface area contributed by atoms with Crippen molar-refractivity contribution in [2.45, 2.75) is 32.7 Å². The molecule has 13 heavy (non-hydrogen) atoms. The van der Waals surface area contributed by atoms with Crippen LogP contribution in [0.15, 0.2) is 18.3 Å². The van der Waals surface area contributed by atoms with Crippen LogP contribution in [-0.4, -0.2) is 11.0 Å². The van der Waals surface area contributed by atoms with Gasteiger partial charge in [-0.25, -0.2) is 4.98 Å². The maximum Gasteiger partial charge on any atom is 0.126 e. The smallest absolute Gasteiger partial charge is 0.126 e. The zero-order chi connectivity index (χ0) is 9.68.